The highest BCUT2D eigenvalue weighted by Gasteiger charge is 2.28. The molecule has 2 aromatic carbocycles. The van der Waals surface area contributed by atoms with Gasteiger partial charge in [-0.2, -0.15) is 0 Å². The molecule has 0 unspecified atom stereocenters. The molecule has 26 heavy (non-hydrogen) atoms. The Morgan fingerprint density at radius 1 is 0.885 bits per heavy atom. The maximum absolute atomic E-state index is 5.88. The maximum atomic E-state index is 5.88. The minimum absolute atomic E-state index is 0.528. The van der Waals surface area contributed by atoms with E-state index in [1.165, 1.54) is 12.8 Å². The van der Waals surface area contributed by atoms with Crippen molar-refractivity contribution in [3.05, 3.63) is 72.7 Å². The van der Waals surface area contributed by atoms with E-state index in [0.717, 1.165) is 39.7 Å². The Morgan fingerprint density at radius 2 is 1.62 bits per heavy atom. The molecule has 4 aromatic rings. The van der Waals surface area contributed by atoms with Gasteiger partial charge in [-0.3, -0.25) is 0 Å². The van der Waals surface area contributed by atoms with Crippen molar-refractivity contribution in [2.75, 3.05) is 0 Å². The minimum atomic E-state index is 0.528. The molecule has 0 spiro atoms. The first kappa shape index (κ1) is 15.1. The van der Waals surface area contributed by atoms with Crippen molar-refractivity contribution in [1.82, 2.24) is 9.97 Å². The fourth-order valence-corrected chi connectivity index (χ4v) is 3.04. The van der Waals surface area contributed by atoms with E-state index in [9.17, 15) is 0 Å². The summed E-state index contributed by atoms with van der Waals surface area (Å²) in [6, 6.07) is 17.5. The summed E-state index contributed by atoms with van der Waals surface area (Å²) in [5.74, 6) is 3.65. The van der Waals surface area contributed by atoms with E-state index in [0.29, 0.717) is 11.8 Å². The lowest BCUT2D eigenvalue weighted by Crippen LogP contribution is -1.81. The van der Waals surface area contributed by atoms with E-state index in [2.05, 4.69) is 46.4 Å². The highest BCUT2D eigenvalue weighted by atomic mass is 16.4. The zero-order chi connectivity index (χ0) is 17.5. The molecule has 1 radical (unpaired) electrons. The standard InChI is InChI=1S/C22H17N2O2/c1-14-23-12-21(25-14)19-4-2-3-18(11-19)15-5-7-16(8-6-15)20-13-24-22(26-20)17-9-10-17/h2,4-8,11-13,17H,9-10H2,1H3. The van der Waals surface area contributed by atoms with Gasteiger partial charge in [-0.15, -0.1) is 0 Å². The number of benzene rings is 2. The van der Waals surface area contributed by atoms with Crippen LogP contribution in [0.15, 0.2) is 63.7 Å². The van der Waals surface area contributed by atoms with E-state index >= 15 is 0 Å². The molecule has 0 aliphatic heterocycles. The summed E-state index contributed by atoms with van der Waals surface area (Å²) in [6.45, 7) is 1.84. The van der Waals surface area contributed by atoms with Crippen LogP contribution in [-0.4, -0.2) is 9.97 Å². The zero-order valence-electron chi connectivity index (χ0n) is 14.4. The largest absolute Gasteiger partial charge is 0.441 e. The van der Waals surface area contributed by atoms with Gasteiger partial charge in [-0.25, -0.2) is 9.97 Å². The summed E-state index contributed by atoms with van der Waals surface area (Å²) in [5, 5.41) is 0. The molecule has 4 heteroatoms. The quantitative estimate of drug-likeness (QED) is 0.481. The average Bonchev–Trinajstić information content (AvgIpc) is 3.24. The minimum Gasteiger partial charge on any atom is -0.441 e. The Morgan fingerprint density at radius 3 is 2.35 bits per heavy atom. The van der Waals surface area contributed by atoms with Crippen LogP contribution >= 0.6 is 0 Å². The van der Waals surface area contributed by atoms with Gasteiger partial charge in [0.05, 0.1) is 12.4 Å². The number of hydrogen-bond acceptors (Lipinski definition) is 4. The van der Waals surface area contributed by atoms with E-state index in [1.54, 1.807) is 6.20 Å². The first-order valence-corrected chi connectivity index (χ1v) is 8.77. The Bertz CT molecular complexity index is 1060. The molecule has 127 valence electrons. The maximum Gasteiger partial charge on any atom is 0.198 e. The summed E-state index contributed by atoms with van der Waals surface area (Å²) in [7, 11) is 0. The smallest absolute Gasteiger partial charge is 0.198 e. The Labute approximate surface area is 151 Å². The van der Waals surface area contributed by atoms with Crippen LogP contribution in [-0.2, 0) is 0 Å². The second-order valence-electron chi connectivity index (χ2n) is 6.65. The van der Waals surface area contributed by atoms with Crippen LogP contribution in [0, 0.1) is 13.0 Å². The SMILES string of the molecule is Cc1ncc(-c2cc[c]c(-c3ccc(-c4cnc(C5CC5)o4)cc3)c2)o1. The molecule has 0 amide bonds. The predicted octanol–water partition coefficient (Wildman–Crippen LogP) is 5.65. The number of rotatable bonds is 4. The fourth-order valence-electron chi connectivity index (χ4n) is 3.04. The van der Waals surface area contributed by atoms with Crippen LogP contribution in [0.2, 0.25) is 0 Å². The van der Waals surface area contributed by atoms with Gasteiger partial charge in [0.25, 0.3) is 0 Å². The Hall–Kier alpha value is -3.14. The normalized spacial score (nSPS) is 13.9. The number of nitrogens with zero attached hydrogens (tertiary/aromatic N) is 2. The van der Waals surface area contributed by atoms with Crippen molar-refractivity contribution in [3.63, 3.8) is 0 Å². The molecule has 2 aromatic heterocycles. The highest BCUT2D eigenvalue weighted by Crippen LogP contribution is 2.40. The van der Waals surface area contributed by atoms with Crippen LogP contribution in [0.1, 0.15) is 30.5 Å². The predicted molar refractivity (Wildman–Crippen MR) is 98.4 cm³/mol. The second kappa shape index (κ2) is 5.99. The summed E-state index contributed by atoms with van der Waals surface area (Å²) in [6.07, 6.45) is 5.95. The highest BCUT2D eigenvalue weighted by molar-refractivity contribution is 5.72. The van der Waals surface area contributed by atoms with Crippen molar-refractivity contribution < 1.29 is 8.83 Å². The topological polar surface area (TPSA) is 52.1 Å². The molecule has 1 saturated carbocycles. The molecule has 4 nitrogen and oxygen atoms in total. The van der Waals surface area contributed by atoms with E-state index in [1.807, 2.05) is 25.3 Å². The van der Waals surface area contributed by atoms with Gasteiger partial charge in [-0.1, -0.05) is 36.4 Å². The summed E-state index contributed by atoms with van der Waals surface area (Å²) in [5.41, 5.74) is 4.14. The van der Waals surface area contributed by atoms with Crippen LogP contribution < -0.4 is 0 Å². The molecule has 1 fully saturated rings. The number of oxazole rings is 2. The van der Waals surface area contributed by atoms with Gasteiger partial charge in [-0.05, 0) is 36.1 Å². The number of aryl methyl sites for hydroxylation is 1. The molecule has 0 N–H and O–H groups in total. The van der Waals surface area contributed by atoms with Crippen LogP contribution in [0.4, 0.5) is 0 Å². The molecular formula is C22H17N2O2. The lowest BCUT2D eigenvalue weighted by molar-refractivity contribution is 0.509. The van der Waals surface area contributed by atoms with E-state index < -0.39 is 0 Å². The Kier molecular flexibility index (Phi) is 3.49. The van der Waals surface area contributed by atoms with Gasteiger partial charge in [0.2, 0.25) is 0 Å². The summed E-state index contributed by atoms with van der Waals surface area (Å²) >= 11 is 0. The van der Waals surface area contributed by atoms with E-state index in [4.69, 9.17) is 8.83 Å². The molecule has 0 saturated heterocycles. The third kappa shape index (κ3) is 2.84. The molecule has 5 rings (SSSR count). The lowest BCUT2D eigenvalue weighted by Gasteiger charge is -2.04. The zero-order valence-corrected chi connectivity index (χ0v) is 14.4. The first-order valence-electron chi connectivity index (χ1n) is 8.77. The molecule has 1 aliphatic carbocycles. The molecule has 2 heterocycles. The fraction of sp³-hybridized carbons (Fsp3) is 0.182. The first-order chi connectivity index (χ1) is 12.8. The van der Waals surface area contributed by atoms with Crippen molar-refractivity contribution in [1.29, 1.82) is 0 Å². The van der Waals surface area contributed by atoms with Crippen LogP contribution in [0.5, 0.6) is 0 Å². The third-order valence-corrected chi connectivity index (χ3v) is 4.64. The van der Waals surface area contributed by atoms with Gasteiger partial charge in [0.15, 0.2) is 23.3 Å². The second-order valence-corrected chi connectivity index (χ2v) is 6.65. The van der Waals surface area contributed by atoms with Crippen molar-refractivity contribution in [3.8, 4) is 33.8 Å². The number of hydrogen-bond donors (Lipinski definition) is 0. The monoisotopic (exact) mass is 341 g/mol. The lowest BCUT2D eigenvalue weighted by atomic mass is 10.0. The molecule has 0 bridgehead atoms. The van der Waals surface area contributed by atoms with Gasteiger partial charge < -0.3 is 8.83 Å². The summed E-state index contributed by atoms with van der Waals surface area (Å²) < 4.78 is 11.5. The molecule has 0 atom stereocenters. The van der Waals surface area contributed by atoms with Crippen molar-refractivity contribution in [2.45, 2.75) is 25.7 Å². The average molecular weight is 341 g/mol. The van der Waals surface area contributed by atoms with Crippen molar-refractivity contribution >= 4 is 0 Å². The number of aromatic nitrogens is 2. The molecule has 1 aliphatic rings. The third-order valence-electron chi connectivity index (χ3n) is 4.64. The van der Waals surface area contributed by atoms with E-state index in [-0.39, 0.29) is 0 Å². The Balaban J connectivity index is 1.43. The van der Waals surface area contributed by atoms with Gasteiger partial charge in [0, 0.05) is 24.0 Å². The van der Waals surface area contributed by atoms with Gasteiger partial charge in [0.1, 0.15) is 0 Å². The summed E-state index contributed by atoms with van der Waals surface area (Å²) in [4.78, 5) is 8.56. The van der Waals surface area contributed by atoms with Crippen LogP contribution in [0.3, 0.4) is 0 Å². The van der Waals surface area contributed by atoms with Crippen molar-refractivity contribution in [2.24, 2.45) is 0 Å². The van der Waals surface area contributed by atoms with Gasteiger partial charge >= 0.3 is 0 Å². The molecular weight excluding hydrogens is 324 g/mol. The van der Waals surface area contributed by atoms with Crippen LogP contribution in [0.25, 0.3) is 33.8 Å².